The summed E-state index contributed by atoms with van der Waals surface area (Å²) in [6, 6.07) is 24.9. The molecule has 4 rings (SSSR count). The molecule has 0 spiro atoms. The Labute approximate surface area is 382 Å². The number of anilines is 1. The minimum absolute atomic E-state index is 0.00392. The minimum Gasteiger partial charge on any atom is -0.461 e. The van der Waals surface area contributed by atoms with Crippen LogP contribution in [0.4, 0.5) is 20.2 Å². The van der Waals surface area contributed by atoms with Gasteiger partial charge in [-0.2, -0.15) is 4.98 Å². The van der Waals surface area contributed by atoms with E-state index in [2.05, 4.69) is 26.3 Å². The quantitative estimate of drug-likeness (QED) is 0.0534. The number of nitrogens with zero attached hydrogens (tertiary/aromatic N) is 2. The Kier molecular flexibility index (Phi) is 20.6. The van der Waals surface area contributed by atoms with Crippen molar-refractivity contribution < 1.29 is 57.2 Å². The largest absolute Gasteiger partial charge is 0.461 e. The zero-order valence-corrected chi connectivity index (χ0v) is 37.8. The normalized spacial score (nSPS) is 12.4. The van der Waals surface area contributed by atoms with Crippen LogP contribution >= 0.6 is 0 Å². The second kappa shape index (κ2) is 26.5. The van der Waals surface area contributed by atoms with Gasteiger partial charge in [0.15, 0.2) is 0 Å². The van der Waals surface area contributed by atoms with Gasteiger partial charge in [0.25, 0.3) is 0 Å². The SMILES string of the molecule is CC(C)[C@H](NC(=O)OCc1ccccc1)C(=O)Nc1ccn(COC(COC(=O)[C@@H](NC(=O)OCc2ccccc2)C(C)C)COC(=O)[C@@H](NC(=O)OCc2ccccc2)C(C)C)c(=O)n1. The lowest BCUT2D eigenvalue weighted by Crippen LogP contribution is -2.47. The van der Waals surface area contributed by atoms with Gasteiger partial charge in [-0.25, -0.2) is 28.8 Å². The number of hydrogen-bond acceptors (Lipinski definition) is 14. The summed E-state index contributed by atoms with van der Waals surface area (Å²) < 4.78 is 33.9. The summed E-state index contributed by atoms with van der Waals surface area (Å²) in [6.07, 6.45) is -2.43. The van der Waals surface area contributed by atoms with Crippen LogP contribution in [-0.2, 0) is 69.4 Å². The number of amides is 4. The number of carbonyl (C=O) groups is 6. The lowest BCUT2D eigenvalue weighted by molar-refractivity contribution is -0.161. The molecule has 66 heavy (non-hydrogen) atoms. The van der Waals surface area contributed by atoms with E-state index in [1.165, 1.54) is 12.3 Å². The predicted molar refractivity (Wildman–Crippen MR) is 239 cm³/mol. The van der Waals surface area contributed by atoms with E-state index in [1.807, 2.05) is 18.2 Å². The Morgan fingerprint density at radius 2 is 0.909 bits per heavy atom. The fourth-order valence-corrected chi connectivity index (χ4v) is 5.87. The van der Waals surface area contributed by atoms with Gasteiger partial charge in [0.2, 0.25) is 5.91 Å². The maximum absolute atomic E-state index is 13.4. The number of benzene rings is 3. The molecule has 19 heteroatoms. The highest BCUT2D eigenvalue weighted by Gasteiger charge is 2.31. The van der Waals surface area contributed by atoms with Crippen molar-refractivity contribution in [1.82, 2.24) is 25.5 Å². The van der Waals surface area contributed by atoms with Crippen LogP contribution in [0.15, 0.2) is 108 Å². The van der Waals surface area contributed by atoms with Gasteiger partial charge < -0.3 is 49.7 Å². The van der Waals surface area contributed by atoms with Gasteiger partial charge >= 0.3 is 35.9 Å². The molecule has 3 aromatic carbocycles. The van der Waals surface area contributed by atoms with Crippen LogP contribution in [-0.4, -0.2) is 83.1 Å². The summed E-state index contributed by atoms with van der Waals surface area (Å²) in [5, 5.41) is 10.1. The average Bonchev–Trinajstić information content (AvgIpc) is 3.30. The molecule has 3 atom stereocenters. The van der Waals surface area contributed by atoms with Gasteiger partial charge in [-0.15, -0.1) is 0 Å². The van der Waals surface area contributed by atoms with Crippen LogP contribution in [0.2, 0.25) is 0 Å². The molecule has 19 nitrogen and oxygen atoms in total. The van der Waals surface area contributed by atoms with Crippen molar-refractivity contribution in [2.24, 2.45) is 17.8 Å². The molecular formula is C47H58N6O13. The Balaban J connectivity index is 1.40. The molecule has 0 saturated carbocycles. The number of nitrogens with one attached hydrogen (secondary N) is 4. The van der Waals surface area contributed by atoms with Crippen molar-refractivity contribution in [1.29, 1.82) is 0 Å². The number of aromatic nitrogens is 2. The second-order valence-corrected chi connectivity index (χ2v) is 16.0. The molecule has 354 valence electrons. The van der Waals surface area contributed by atoms with E-state index in [9.17, 15) is 33.6 Å². The van der Waals surface area contributed by atoms with Gasteiger partial charge in [0, 0.05) is 6.20 Å². The summed E-state index contributed by atoms with van der Waals surface area (Å²) in [5.41, 5.74) is 1.39. The van der Waals surface area contributed by atoms with E-state index in [0.29, 0.717) is 0 Å². The van der Waals surface area contributed by atoms with Crippen molar-refractivity contribution in [2.75, 3.05) is 18.5 Å². The molecule has 0 bridgehead atoms. The Bertz CT molecular complexity index is 2160. The molecule has 0 saturated heterocycles. The van der Waals surface area contributed by atoms with Crippen LogP contribution in [0.3, 0.4) is 0 Å². The highest BCUT2D eigenvalue weighted by atomic mass is 16.6. The summed E-state index contributed by atoms with van der Waals surface area (Å²) in [5.74, 6) is -3.71. The van der Waals surface area contributed by atoms with Crippen LogP contribution in [0.5, 0.6) is 0 Å². The maximum atomic E-state index is 13.4. The molecule has 0 aliphatic heterocycles. The zero-order valence-electron chi connectivity index (χ0n) is 37.8. The molecule has 1 heterocycles. The number of rotatable bonds is 23. The van der Waals surface area contributed by atoms with Crippen LogP contribution < -0.4 is 27.0 Å². The molecule has 4 aromatic rings. The fraction of sp³-hybridized carbons (Fsp3) is 0.404. The molecule has 1 aromatic heterocycles. The Hall–Kier alpha value is -7.28. The van der Waals surface area contributed by atoms with Gasteiger partial charge in [0.1, 0.15) is 69.8 Å². The molecule has 0 aliphatic rings. The first-order chi connectivity index (χ1) is 31.6. The fourth-order valence-electron chi connectivity index (χ4n) is 5.87. The number of ether oxygens (including phenoxy) is 6. The first kappa shape index (κ1) is 51.4. The molecule has 0 unspecified atom stereocenters. The van der Waals surface area contributed by atoms with Crippen molar-refractivity contribution in [3.8, 4) is 0 Å². The van der Waals surface area contributed by atoms with Crippen molar-refractivity contribution in [2.45, 2.75) is 92.3 Å². The molecule has 0 aliphatic carbocycles. The molecule has 4 N–H and O–H groups in total. The van der Waals surface area contributed by atoms with E-state index in [0.717, 1.165) is 21.3 Å². The lowest BCUT2D eigenvalue weighted by atomic mass is 10.0. The summed E-state index contributed by atoms with van der Waals surface area (Å²) >= 11 is 0. The van der Waals surface area contributed by atoms with Gasteiger partial charge in [-0.05, 0) is 40.5 Å². The van der Waals surface area contributed by atoms with Gasteiger partial charge in [-0.3, -0.25) is 9.36 Å². The second-order valence-electron chi connectivity index (χ2n) is 16.0. The molecule has 0 radical (unpaired) electrons. The third-order valence-electron chi connectivity index (χ3n) is 9.65. The third kappa shape index (κ3) is 17.7. The highest BCUT2D eigenvalue weighted by molar-refractivity contribution is 5.96. The first-order valence-corrected chi connectivity index (χ1v) is 21.3. The third-order valence-corrected chi connectivity index (χ3v) is 9.65. The van der Waals surface area contributed by atoms with E-state index in [-0.39, 0.29) is 31.6 Å². The lowest BCUT2D eigenvalue weighted by Gasteiger charge is -2.24. The summed E-state index contributed by atoms with van der Waals surface area (Å²) in [6.45, 7) is 8.62. The van der Waals surface area contributed by atoms with Crippen LogP contribution in [0.1, 0.15) is 58.2 Å². The Morgan fingerprint density at radius 1 is 0.530 bits per heavy atom. The smallest absolute Gasteiger partial charge is 0.408 e. The van der Waals surface area contributed by atoms with Crippen molar-refractivity contribution in [3.63, 3.8) is 0 Å². The summed E-state index contributed by atoms with van der Waals surface area (Å²) in [4.78, 5) is 94.9. The van der Waals surface area contributed by atoms with E-state index < -0.39 is 97.8 Å². The number of hydrogen-bond donors (Lipinski definition) is 4. The highest BCUT2D eigenvalue weighted by Crippen LogP contribution is 2.12. The van der Waals surface area contributed by atoms with E-state index >= 15 is 0 Å². The minimum atomic E-state index is -1.20. The first-order valence-electron chi connectivity index (χ1n) is 21.3. The van der Waals surface area contributed by atoms with Gasteiger partial charge in [0.05, 0.1) is 0 Å². The monoisotopic (exact) mass is 914 g/mol. The maximum Gasteiger partial charge on any atom is 0.408 e. The van der Waals surface area contributed by atoms with Gasteiger partial charge in [-0.1, -0.05) is 133 Å². The average molecular weight is 915 g/mol. The summed E-state index contributed by atoms with van der Waals surface area (Å²) in [7, 11) is 0. The number of esters is 2. The Morgan fingerprint density at radius 3 is 1.27 bits per heavy atom. The van der Waals surface area contributed by atoms with Crippen LogP contribution in [0.25, 0.3) is 0 Å². The number of carbonyl (C=O) groups excluding carboxylic acids is 6. The standard InChI is InChI=1S/C47H58N6O13/c1-30(2)38(50-45(58)63-24-33-16-10-7-11-17-33)41(54)48-37-22-23-53(44(57)49-37)29-66-36(27-61-42(55)39(31(3)4)51-46(59)64-25-34-18-12-8-13-19-34)28-62-43(56)40(32(5)6)52-47(60)65-26-35-20-14-9-15-21-35/h7-23,30-32,36,38-40H,24-29H2,1-6H3,(H,50,58)(H,51,59)(H,52,60)(H,48,49,54,57)/t38-,39-,40-/m0/s1. The zero-order chi connectivity index (χ0) is 48.0. The van der Waals surface area contributed by atoms with Crippen molar-refractivity contribution in [3.05, 3.63) is 130 Å². The molecular weight excluding hydrogens is 857 g/mol. The predicted octanol–water partition coefficient (Wildman–Crippen LogP) is 5.46. The molecule has 4 amide bonds. The van der Waals surface area contributed by atoms with E-state index in [4.69, 9.17) is 28.4 Å². The number of alkyl carbamates (subject to hydrolysis) is 3. The van der Waals surface area contributed by atoms with E-state index in [1.54, 1.807) is 114 Å². The molecule has 0 fully saturated rings. The van der Waals surface area contributed by atoms with Crippen molar-refractivity contribution >= 4 is 41.9 Å². The topological polar surface area (TPSA) is 241 Å². The van der Waals surface area contributed by atoms with Crippen LogP contribution in [0, 0.1) is 17.8 Å².